The molecule has 122 valence electrons. The van der Waals surface area contributed by atoms with Crippen LogP contribution in [0, 0.1) is 6.92 Å². The summed E-state index contributed by atoms with van der Waals surface area (Å²) in [6.07, 6.45) is 0. The summed E-state index contributed by atoms with van der Waals surface area (Å²) in [7, 11) is -2.25. The molecule has 2 aromatic rings. The van der Waals surface area contributed by atoms with Gasteiger partial charge in [-0.05, 0) is 31.5 Å². The predicted molar refractivity (Wildman–Crippen MR) is 91.9 cm³/mol. The first kappa shape index (κ1) is 17.9. The largest absolute Gasteiger partial charge is 0.361 e. The normalized spacial score (nSPS) is 13.6. The molecule has 0 N–H and O–H groups in total. The van der Waals surface area contributed by atoms with Crippen molar-refractivity contribution in [2.75, 3.05) is 13.7 Å². The maximum Gasteiger partial charge on any atom is 0.361 e. The van der Waals surface area contributed by atoms with Crippen LogP contribution in [0.1, 0.15) is 28.4 Å². The van der Waals surface area contributed by atoms with Crippen molar-refractivity contribution >= 4 is 30.3 Å². The molecule has 0 spiro atoms. The molecule has 2 rings (SSSR count). The van der Waals surface area contributed by atoms with E-state index in [4.69, 9.17) is 20.6 Å². The quantitative estimate of drug-likeness (QED) is 0.572. The first-order chi connectivity index (χ1) is 10.9. The van der Waals surface area contributed by atoms with E-state index in [2.05, 4.69) is 0 Å². The summed E-state index contributed by atoms with van der Waals surface area (Å²) in [5, 5.41) is 0.599. The second-order valence-electron chi connectivity index (χ2n) is 4.88. The topological polar surface area (TPSA) is 52.6 Å². The van der Waals surface area contributed by atoms with Crippen molar-refractivity contribution in [3.63, 3.8) is 0 Å². The van der Waals surface area contributed by atoms with Gasteiger partial charge in [0.15, 0.2) is 5.78 Å². The molecular formula is C17H18ClO4P. The maximum atomic E-state index is 13.0. The lowest BCUT2D eigenvalue weighted by Crippen LogP contribution is -2.19. The molecule has 2 aromatic carbocycles. The molecule has 0 saturated carbocycles. The fraction of sp³-hybridized carbons (Fsp3) is 0.235. The van der Waals surface area contributed by atoms with Gasteiger partial charge in [0, 0.05) is 18.2 Å². The van der Waals surface area contributed by atoms with Crippen molar-refractivity contribution in [2.45, 2.75) is 13.8 Å². The molecule has 0 aliphatic carbocycles. The third-order valence-corrected chi connectivity index (χ3v) is 5.81. The van der Waals surface area contributed by atoms with E-state index in [0.29, 0.717) is 10.6 Å². The summed E-state index contributed by atoms with van der Waals surface area (Å²) in [5.74, 6) is -0.305. The Morgan fingerprint density at radius 1 is 1.17 bits per heavy atom. The van der Waals surface area contributed by atoms with Gasteiger partial charge in [-0.1, -0.05) is 41.9 Å². The molecule has 4 nitrogen and oxygen atoms in total. The van der Waals surface area contributed by atoms with E-state index < -0.39 is 7.60 Å². The van der Waals surface area contributed by atoms with E-state index in [9.17, 15) is 9.36 Å². The van der Waals surface area contributed by atoms with Crippen molar-refractivity contribution in [2.24, 2.45) is 0 Å². The molecule has 0 amide bonds. The van der Waals surface area contributed by atoms with Crippen molar-refractivity contribution < 1.29 is 18.4 Å². The highest BCUT2D eigenvalue weighted by Gasteiger charge is 2.31. The van der Waals surface area contributed by atoms with Crippen LogP contribution in [0.4, 0.5) is 0 Å². The highest BCUT2D eigenvalue weighted by molar-refractivity contribution is 7.62. The number of ketones is 1. The van der Waals surface area contributed by atoms with Crippen LogP contribution in [0.15, 0.2) is 42.5 Å². The monoisotopic (exact) mass is 352 g/mol. The van der Waals surface area contributed by atoms with Crippen LogP contribution in [0.2, 0.25) is 5.02 Å². The summed E-state index contributed by atoms with van der Waals surface area (Å²) >= 11 is 6.18. The molecule has 23 heavy (non-hydrogen) atoms. The van der Waals surface area contributed by atoms with Gasteiger partial charge in [-0.15, -0.1) is 0 Å². The van der Waals surface area contributed by atoms with Gasteiger partial charge < -0.3 is 9.05 Å². The van der Waals surface area contributed by atoms with E-state index in [-0.39, 0.29) is 23.3 Å². The van der Waals surface area contributed by atoms with Gasteiger partial charge in [0.1, 0.15) is 0 Å². The lowest BCUT2D eigenvalue weighted by atomic mass is 9.99. The highest BCUT2D eigenvalue weighted by atomic mass is 35.5. The summed E-state index contributed by atoms with van der Waals surface area (Å²) in [5.41, 5.74) is 1.41. The molecule has 0 fully saturated rings. The minimum Gasteiger partial charge on any atom is -0.309 e. The minimum atomic E-state index is -3.56. The number of hydrogen-bond donors (Lipinski definition) is 0. The molecule has 1 unspecified atom stereocenters. The molecule has 0 aliphatic rings. The number of aryl methyl sites for hydroxylation is 1. The lowest BCUT2D eigenvalue weighted by Gasteiger charge is -2.18. The highest BCUT2D eigenvalue weighted by Crippen LogP contribution is 2.47. The van der Waals surface area contributed by atoms with Gasteiger partial charge in [0.2, 0.25) is 0 Å². The molecule has 1 atom stereocenters. The van der Waals surface area contributed by atoms with Crippen molar-refractivity contribution in [1.82, 2.24) is 0 Å². The van der Waals surface area contributed by atoms with Crippen LogP contribution < -0.4 is 5.30 Å². The average molecular weight is 353 g/mol. The van der Waals surface area contributed by atoms with Crippen molar-refractivity contribution in [3.05, 3.63) is 64.2 Å². The molecule has 0 heterocycles. The Balaban J connectivity index is 2.62. The number of carbonyl (C=O) groups is 1. The first-order valence-corrected chi connectivity index (χ1v) is 9.06. The fourth-order valence-corrected chi connectivity index (χ4v) is 4.18. The lowest BCUT2D eigenvalue weighted by molar-refractivity contribution is 0.103. The Labute approximate surface area is 140 Å². The Bertz CT molecular complexity index is 753. The minimum absolute atomic E-state index is 0.207. The average Bonchev–Trinajstić information content (AvgIpc) is 2.54. The zero-order chi connectivity index (χ0) is 17.0. The molecule has 0 saturated heterocycles. The summed E-state index contributed by atoms with van der Waals surface area (Å²) in [6, 6.07) is 11.8. The van der Waals surface area contributed by atoms with Crippen LogP contribution >= 0.6 is 19.2 Å². The Morgan fingerprint density at radius 2 is 1.87 bits per heavy atom. The van der Waals surface area contributed by atoms with Gasteiger partial charge in [0.25, 0.3) is 0 Å². The molecule has 0 bridgehead atoms. The second kappa shape index (κ2) is 7.41. The smallest absolute Gasteiger partial charge is 0.309 e. The summed E-state index contributed by atoms with van der Waals surface area (Å²) in [6.45, 7) is 3.73. The van der Waals surface area contributed by atoms with Gasteiger partial charge in [-0.2, -0.15) is 0 Å². The van der Waals surface area contributed by atoms with Crippen molar-refractivity contribution in [3.8, 4) is 0 Å². The van der Waals surface area contributed by atoms with Gasteiger partial charge in [0.05, 0.1) is 16.9 Å². The van der Waals surface area contributed by atoms with Crippen LogP contribution in [-0.2, 0) is 13.6 Å². The van der Waals surface area contributed by atoms with Gasteiger partial charge in [-0.25, -0.2) is 0 Å². The predicted octanol–water partition coefficient (Wildman–Crippen LogP) is 4.38. The number of halogens is 1. The van der Waals surface area contributed by atoms with E-state index in [0.717, 1.165) is 5.56 Å². The Morgan fingerprint density at radius 3 is 2.48 bits per heavy atom. The van der Waals surface area contributed by atoms with Gasteiger partial charge >= 0.3 is 7.60 Å². The molecule has 0 radical (unpaired) electrons. The molecule has 0 aliphatic heterocycles. The number of benzene rings is 2. The summed E-state index contributed by atoms with van der Waals surface area (Å²) in [4.78, 5) is 13.0. The van der Waals surface area contributed by atoms with Crippen LogP contribution in [0.25, 0.3) is 0 Å². The van der Waals surface area contributed by atoms with Gasteiger partial charge in [-0.3, -0.25) is 9.36 Å². The third kappa shape index (κ3) is 3.56. The van der Waals surface area contributed by atoms with E-state index in [1.807, 2.05) is 0 Å². The zero-order valence-corrected chi connectivity index (χ0v) is 14.9. The molecule has 0 aromatic heterocycles. The van der Waals surface area contributed by atoms with Crippen LogP contribution in [0.5, 0.6) is 0 Å². The standard InChI is InChI=1S/C17H18ClO4P/c1-4-22-23(20,21-3)15-11-6-5-9-13(15)17(19)16-12(2)8-7-10-14(16)18/h5-11H,4H2,1-3H3. The number of rotatable bonds is 6. The van der Waals surface area contributed by atoms with Crippen LogP contribution in [-0.4, -0.2) is 19.5 Å². The number of hydrogen-bond acceptors (Lipinski definition) is 4. The second-order valence-corrected chi connectivity index (χ2v) is 7.38. The van der Waals surface area contributed by atoms with E-state index in [1.54, 1.807) is 56.3 Å². The maximum absolute atomic E-state index is 13.0. The SMILES string of the molecule is CCOP(=O)(OC)c1ccccc1C(=O)c1c(C)cccc1Cl. The Hall–Kier alpha value is -1.45. The van der Waals surface area contributed by atoms with E-state index in [1.165, 1.54) is 7.11 Å². The van der Waals surface area contributed by atoms with Crippen LogP contribution in [0.3, 0.4) is 0 Å². The zero-order valence-electron chi connectivity index (χ0n) is 13.2. The number of carbonyl (C=O) groups excluding carboxylic acids is 1. The fourth-order valence-electron chi connectivity index (χ4n) is 2.35. The first-order valence-electron chi connectivity index (χ1n) is 7.14. The van der Waals surface area contributed by atoms with Crippen molar-refractivity contribution in [1.29, 1.82) is 0 Å². The third-order valence-electron chi connectivity index (χ3n) is 3.43. The molecular weight excluding hydrogens is 335 g/mol. The summed E-state index contributed by atoms with van der Waals surface area (Å²) < 4.78 is 23.3. The van der Waals surface area contributed by atoms with E-state index >= 15 is 0 Å². The Kier molecular flexibility index (Phi) is 5.77. The molecule has 6 heteroatoms.